The van der Waals surface area contributed by atoms with E-state index < -0.39 is 16.9 Å². The molecule has 0 aromatic heterocycles. The Labute approximate surface area is 186 Å². The number of hydrogen-bond acceptors (Lipinski definition) is 5. The molecule has 1 saturated carbocycles. The average Bonchev–Trinajstić information content (AvgIpc) is 2.97. The number of amides is 3. The Kier molecular flexibility index (Phi) is 6.30. The van der Waals surface area contributed by atoms with Gasteiger partial charge in [0.15, 0.2) is 0 Å². The number of benzene rings is 2. The van der Waals surface area contributed by atoms with Crippen molar-refractivity contribution >= 4 is 29.1 Å². The zero-order chi connectivity index (χ0) is 22.7. The SMILES string of the molecule is O=C1CC(N(C(=O)c2ccc([N+](=O)[O-])cc2)C2CCCCCC2)C(=O)N1c1ccccc1. The number of imide groups is 1. The Morgan fingerprint density at radius 2 is 1.56 bits per heavy atom. The molecule has 2 aromatic carbocycles. The maximum absolute atomic E-state index is 13.6. The van der Waals surface area contributed by atoms with Crippen molar-refractivity contribution in [3.05, 3.63) is 70.3 Å². The molecule has 0 bridgehead atoms. The average molecular weight is 435 g/mol. The third-order valence-corrected chi connectivity index (χ3v) is 6.25. The summed E-state index contributed by atoms with van der Waals surface area (Å²) in [6, 6.07) is 13.1. The molecule has 4 rings (SSSR count). The highest BCUT2D eigenvalue weighted by Gasteiger charge is 2.46. The van der Waals surface area contributed by atoms with E-state index >= 15 is 0 Å². The molecule has 1 aliphatic carbocycles. The zero-order valence-electron chi connectivity index (χ0n) is 17.7. The molecule has 8 nitrogen and oxygen atoms in total. The van der Waals surface area contributed by atoms with Crippen molar-refractivity contribution in [2.75, 3.05) is 4.90 Å². The van der Waals surface area contributed by atoms with Crippen LogP contribution in [0.4, 0.5) is 11.4 Å². The fraction of sp³-hybridized carbons (Fsp3) is 0.375. The van der Waals surface area contributed by atoms with Gasteiger partial charge in [0.25, 0.3) is 17.5 Å². The smallest absolute Gasteiger partial charge is 0.269 e. The highest BCUT2D eigenvalue weighted by Crippen LogP contribution is 2.32. The zero-order valence-corrected chi connectivity index (χ0v) is 17.7. The molecule has 2 aromatic rings. The Bertz CT molecular complexity index is 1010. The molecule has 3 amide bonds. The van der Waals surface area contributed by atoms with E-state index in [1.165, 1.54) is 24.3 Å². The van der Waals surface area contributed by atoms with Gasteiger partial charge in [-0.05, 0) is 37.1 Å². The largest absolute Gasteiger partial charge is 0.323 e. The lowest BCUT2D eigenvalue weighted by Crippen LogP contribution is -2.50. The molecule has 0 spiro atoms. The second-order valence-corrected chi connectivity index (χ2v) is 8.28. The first kappa shape index (κ1) is 21.7. The molecule has 1 heterocycles. The van der Waals surface area contributed by atoms with Crippen molar-refractivity contribution in [2.45, 2.75) is 57.0 Å². The molecule has 0 radical (unpaired) electrons. The van der Waals surface area contributed by atoms with Crippen LogP contribution < -0.4 is 4.90 Å². The highest BCUT2D eigenvalue weighted by molar-refractivity contribution is 6.23. The van der Waals surface area contributed by atoms with Crippen LogP contribution >= 0.6 is 0 Å². The molecule has 1 atom stereocenters. The van der Waals surface area contributed by atoms with Gasteiger partial charge >= 0.3 is 0 Å². The van der Waals surface area contributed by atoms with Gasteiger partial charge in [0.2, 0.25) is 5.91 Å². The molecule has 1 unspecified atom stereocenters. The van der Waals surface area contributed by atoms with Gasteiger partial charge in [0.1, 0.15) is 6.04 Å². The van der Waals surface area contributed by atoms with Gasteiger partial charge in [0, 0.05) is 23.7 Å². The van der Waals surface area contributed by atoms with Crippen LogP contribution in [0.25, 0.3) is 0 Å². The summed E-state index contributed by atoms with van der Waals surface area (Å²) in [7, 11) is 0. The first-order chi connectivity index (χ1) is 15.5. The first-order valence-corrected chi connectivity index (χ1v) is 11.0. The van der Waals surface area contributed by atoms with Gasteiger partial charge in [-0.25, -0.2) is 4.90 Å². The lowest BCUT2D eigenvalue weighted by atomic mass is 10.0. The van der Waals surface area contributed by atoms with Crippen molar-refractivity contribution in [1.29, 1.82) is 0 Å². The summed E-state index contributed by atoms with van der Waals surface area (Å²) in [6.07, 6.45) is 5.51. The minimum Gasteiger partial charge on any atom is -0.323 e. The van der Waals surface area contributed by atoms with Crippen LogP contribution in [0, 0.1) is 10.1 Å². The minimum absolute atomic E-state index is 0.0665. The van der Waals surface area contributed by atoms with E-state index in [2.05, 4.69) is 0 Å². The van der Waals surface area contributed by atoms with Crippen LogP contribution in [-0.2, 0) is 9.59 Å². The van der Waals surface area contributed by atoms with E-state index in [0.29, 0.717) is 5.69 Å². The Morgan fingerprint density at radius 3 is 2.16 bits per heavy atom. The molecule has 1 aliphatic heterocycles. The number of para-hydroxylation sites is 1. The molecule has 1 saturated heterocycles. The molecule has 8 heteroatoms. The van der Waals surface area contributed by atoms with E-state index in [1.807, 2.05) is 6.07 Å². The number of rotatable bonds is 5. The quantitative estimate of drug-likeness (QED) is 0.305. The molecule has 32 heavy (non-hydrogen) atoms. The van der Waals surface area contributed by atoms with Crippen LogP contribution in [0.3, 0.4) is 0 Å². The topological polar surface area (TPSA) is 101 Å². The van der Waals surface area contributed by atoms with Crippen LogP contribution in [0.2, 0.25) is 0 Å². The van der Waals surface area contributed by atoms with Gasteiger partial charge < -0.3 is 4.90 Å². The number of carbonyl (C=O) groups is 3. The van der Waals surface area contributed by atoms with Crippen LogP contribution in [-0.4, -0.2) is 39.6 Å². The van der Waals surface area contributed by atoms with Gasteiger partial charge in [-0.1, -0.05) is 43.9 Å². The summed E-state index contributed by atoms with van der Waals surface area (Å²) in [4.78, 5) is 53.0. The van der Waals surface area contributed by atoms with Gasteiger partial charge in [-0.15, -0.1) is 0 Å². The third-order valence-electron chi connectivity index (χ3n) is 6.25. The van der Waals surface area contributed by atoms with Gasteiger partial charge in [-0.3, -0.25) is 24.5 Å². The third kappa shape index (κ3) is 4.26. The highest BCUT2D eigenvalue weighted by atomic mass is 16.6. The predicted molar refractivity (Wildman–Crippen MR) is 118 cm³/mol. The number of hydrogen-bond donors (Lipinski definition) is 0. The maximum Gasteiger partial charge on any atom is 0.269 e. The molecule has 0 N–H and O–H groups in total. The number of carbonyl (C=O) groups excluding carboxylic acids is 3. The number of anilines is 1. The monoisotopic (exact) mass is 435 g/mol. The van der Waals surface area contributed by atoms with Crippen LogP contribution in [0.15, 0.2) is 54.6 Å². The summed E-state index contributed by atoms with van der Waals surface area (Å²) in [6.45, 7) is 0. The second kappa shape index (κ2) is 9.30. The van der Waals surface area contributed by atoms with E-state index in [9.17, 15) is 24.5 Å². The lowest BCUT2D eigenvalue weighted by Gasteiger charge is -2.35. The molecule has 2 fully saturated rings. The normalized spacial score (nSPS) is 19.6. The molecular weight excluding hydrogens is 410 g/mol. The Balaban J connectivity index is 1.68. The molecular formula is C24H25N3O5. The van der Waals surface area contributed by atoms with Crippen LogP contribution in [0.5, 0.6) is 0 Å². The molecule has 166 valence electrons. The Hall–Kier alpha value is -3.55. The van der Waals surface area contributed by atoms with E-state index in [-0.39, 0.29) is 35.5 Å². The number of non-ortho nitro benzene ring substituents is 1. The van der Waals surface area contributed by atoms with Crippen molar-refractivity contribution in [2.24, 2.45) is 0 Å². The van der Waals surface area contributed by atoms with Gasteiger partial charge in [-0.2, -0.15) is 0 Å². The Morgan fingerprint density at radius 1 is 0.938 bits per heavy atom. The molecule has 2 aliphatic rings. The second-order valence-electron chi connectivity index (χ2n) is 8.28. The van der Waals surface area contributed by atoms with Crippen molar-refractivity contribution in [3.8, 4) is 0 Å². The first-order valence-electron chi connectivity index (χ1n) is 11.0. The van der Waals surface area contributed by atoms with Gasteiger partial charge in [0.05, 0.1) is 17.0 Å². The summed E-state index contributed by atoms with van der Waals surface area (Å²) < 4.78 is 0. The lowest BCUT2D eigenvalue weighted by molar-refractivity contribution is -0.384. The maximum atomic E-state index is 13.6. The number of nitrogens with zero attached hydrogens (tertiary/aromatic N) is 3. The fourth-order valence-corrected chi connectivity index (χ4v) is 4.65. The van der Waals surface area contributed by atoms with E-state index in [0.717, 1.165) is 43.4 Å². The van der Waals surface area contributed by atoms with Crippen LogP contribution in [0.1, 0.15) is 55.3 Å². The van der Waals surface area contributed by atoms with E-state index in [1.54, 1.807) is 29.2 Å². The summed E-state index contributed by atoms with van der Waals surface area (Å²) in [5.74, 6) is -1.10. The number of nitro groups is 1. The summed E-state index contributed by atoms with van der Waals surface area (Å²) >= 11 is 0. The van der Waals surface area contributed by atoms with Crippen molar-refractivity contribution in [3.63, 3.8) is 0 Å². The standard InChI is InChI=1S/C24H25N3O5/c28-22-16-21(24(30)26(22)19-10-6-3-7-11-19)25(18-8-4-1-2-5-9-18)23(29)17-12-14-20(15-13-17)27(31)32/h3,6-7,10-15,18,21H,1-2,4-5,8-9,16H2. The minimum atomic E-state index is -0.881. The summed E-state index contributed by atoms with van der Waals surface area (Å²) in [5.41, 5.74) is 0.664. The van der Waals surface area contributed by atoms with Crippen molar-refractivity contribution < 1.29 is 19.3 Å². The van der Waals surface area contributed by atoms with Crippen molar-refractivity contribution in [1.82, 2.24) is 4.90 Å². The summed E-state index contributed by atoms with van der Waals surface area (Å²) in [5, 5.41) is 11.0. The predicted octanol–water partition coefficient (Wildman–Crippen LogP) is 4.09. The van der Waals surface area contributed by atoms with E-state index in [4.69, 9.17) is 0 Å². The fourth-order valence-electron chi connectivity index (χ4n) is 4.65. The number of nitro benzene ring substituents is 1.